The molecule has 2 unspecified atom stereocenters. The molecule has 0 bridgehead atoms. The van der Waals surface area contributed by atoms with E-state index in [0.717, 1.165) is 13.0 Å². The fourth-order valence-electron chi connectivity index (χ4n) is 2.99. The van der Waals surface area contributed by atoms with Crippen LogP contribution in [0, 0.1) is 0 Å². The Hall–Kier alpha value is -0.160. The summed E-state index contributed by atoms with van der Waals surface area (Å²) in [7, 11) is 2.21. The van der Waals surface area contributed by atoms with Crippen LogP contribution < -0.4 is 5.32 Å². The van der Waals surface area contributed by atoms with Crippen LogP contribution in [0.15, 0.2) is 0 Å². The Kier molecular flexibility index (Phi) is 7.29. The molecule has 1 fully saturated rings. The summed E-state index contributed by atoms with van der Waals surface area (Å²) in [4.78, 5) is 5.01. The van der Waals surface area contributed by atoms with Crippen molar-refractivity contribution < 1.29 is 5.11 Å². The van der Waals surface area contributed by atoms with Crippen LogP contribution in [0.2, 0.25) is 0 Å². The number of aliphatic hydroxyl groups excluding tert-OH is 1. The van der Waals surface area contributed by atoms with Crippen molar-refractivity contribution in [3.8, 4) is 0 Å². The molecule has 0 aliphatic carbocycles. The molecule has 1 saturated heterocycles. The van der Waals surface area contributed by atoms with Crippen molar-refractivity contribution in [3.63, 3.8) is 0 Å². The monoisotopic (exact) mass is 271 g/mol. The lowest BCUT2D eigenvalue weighted by molar-refractivity contribution is 0.0964. The van der Waals surface area contributed by atoms with Gasteiger partial charge in [-0.2, -0.15) is 0 Å². The lowest BCUT2D eigenvalue weighted by Gasteiger charge is -2.38. The Bertz CT molecular complexity index is 250. The average molecular weight is 271 g/mol. The molecule has 1 heterocycles. The summed E-state index contributed by atoms with van der Waals surface area (Å²) in [5.41, 5.74) is -0.0948. The number of likely N-dealkylation sites (N-methyl/N-ethyl adjacent to an activating group) is 2. The van der Waals surface area contributed by atoms with Crippen LogP contribution in [-0.4, -0.2) is 72.9 Å². The van der Waals surface area contributed by atoms with Gasteiger partial charge in [0.1, 0.15) is 0 Å². The molecule has 2 atom stereocenters. The van der Waals surface area contributed by atoms with Crippen LogP contribution in [0.3, 0.4) is 0 Å². The fourth-order valence-corrected chi connectivity index (χ4v) is 2.99. The maximum atomic E-state index is 9.46. The number of nitrogens with zero attached hydrogens (tertiary/aromatic N) is 2. The van der Waals surface area contributed by atoms with Gasteiger partial charge in [0.05, 0.1) is 6.61 Å². The highest BCUT2D eigenvalue weighted by atomic mass is 16.3. The number of hydrogen-bond donors (Lipinski definition) is 2. The molecule has 0 radical (unpaired) electrons. The normalized spacial score (nSPS) is 25.4. The van der Waals surface area contributed by atoms with Gasteiger partial charge in [-0.3, -0.25) is 4.90 Å². The summed E-state index contributed by atoms with van der Waals surface area (Å²) in [5, 5.41) is 12.8. The van der Waals surface area contributed by atoms with Crippen LogP contribution in [0.4, 0.5) is 0 Å². The summed E-state index contributed by atoms with van der Waals surface area (Å²) in [6.45, 7) is 12.5. The van der Waals surface area contributed by atoms with Crippen molar-refractivity contribution in [3.05, 3.63) is 0 Å². The second kappa shape index (κ2) is 8.20. The van der Waals surface area contributed by atoms with Crippen molar-refractivity contribution >= 4 is 0 Å². The van der Waals surface area contributed by atoms with Gasteiger partial charge in [-0.15, -0.1) is 0 Å². The number of unbranched alkanes of at least 4 members (excludes halogenated alkanes) is 1. The highest BCUT2D eigenvalue weighted by Gasteiger charge is 2.23. The van der Waals surface area contributed by atoms with Gasteiger partial charge in [0.15, 0.2) is 0 Å². The fraction of sp³-hybridized carbons (Fsp3) is 1.00. The largest absolute Gasteiger partial charge is 0.394 e. The third-order valence-electron chi connectivity index (χ3n) is 4.34. The molecule has 4 nitrogen and oxygen atoms in total. The first kappa shape index (κ1) is 16.9. The second-order valence-corrected chi connectivity index (χ2v) is 6.35. The zero-order valence-corrected chi connectivity index (χ0v) is 13.3. The summed E-state index contributed by atoms with van der Waals surface area (Å²) in [6, 6.07) is 0.678. The van der Waals surface area contributed by atoms with Gasteiger partial charge in [-0.1, -0.05) is 13.3 Å². The summed E-state index contributed by atoms with van der Waals surface area (Å²) in [6.07, 6.45) is 3.47. The summed E-state index contributed by atoms with van der Waals surface area (Å²) < 4.78 is 0. The first-order valence-corrected chi connectivity index (χ1v) is 7.79. The smallest absolute Gasteiger partial charge is 0.0610 e. The molecular weight excluding hydrogens is 238 g/mol. The Morgan fingerprint density at radius 3 is 2.63 bits per heavy atom. The third kappa shape index (κ3) is 5.78. The van der Waals surface area contributed by atoms with Crippen LogP contribution >= 0.6 is 0 Å². The highest BCUT2D eigenvalue weighted by Crippen LogP contribution is 2.15. The third-order valence-corrected chi connectivity index (χ3v) is 4.34. The first-order chi connectivity index (χ1) is 9.00. The SMILES string of the molecule is CCNC(C)(CO)CCCCN1CCN(C)CC1C. The van der Waals surface area contributed by atoms with Gasteiger partial charge in [0, 0.05) is 31.2 Å². The van der Waals surface area contributed by atoms with Crippen LogP contribution in [0.1, 0.15) is 40.0 Å². The molecule has 0 aromatic rings. The maximum Gasteiger partial charge on any atom is 0.0610 e. The van der Waals surface area contributed by atoms with E-state index in [9.17, 15) is 5.11 Å². The minimum Gasteiger partial charge on any atom is -0.394 e. The maximum absolute atomic E-state index is 9.46. The molecule has 0 saturated carbocycles. The zero-order chi connectivity index (χ0) is 14.3. The van der Waals surface area contributed by atoms with E-state index in [-0.39, 0.29) is 12.1 Å². The number of rotatable bonds is 8. The van der Waals surface area contributed by atoms with Gasteiger partial charge < -0.3 is 15.3 Å². The number of nitrogens with one attached hydrogen (secondary N) is 1. The number of hydrogen-bond acceptors (Lipinski definition) is 4. The summed E-state index contributed by atoms with van der Waals surface area (Å²) >= 11 is 0. The van der Waals surface area contributed by atoms with Crippen molar-refractivity contribution in [2.24, 2.45) is 0 Å². The van der Waals surface area contributed by atoms with Crippen molar-refractivity contribution in [2.75, 3.05) is 46.4 Å². The molecular formula is C15H33N3O. The second-order valence-electron chi connectivity index (χ2n) is 6.35. The van der Waals surface area contributed by atoms with E-state index in [4.69, 9.17) is 0 Å². The van der Waals surface area contributed by atoms with E-state index < -0.39 is 0 Å². The Labute approximate surface area is 119 Å². The molecule has 4 heteroatoms. The van der Waals surface area contributed by atoms with Gasteiger partial charge in [-0.25, -0.2) is 0 Å². The lowest BCUT2D eigenvalue weighted by atomic mass is 9.95. The van der Waals surface area contributed by atoms with Gasteiger partial charge >= 0.3 is 0 Å². The van der Waals surface area contributed by atoms with Crippen molar-refractivity contribution in [1.29, 1.82) is 0 Å². The van der Waals surface area contributed by atoms with Crippen molar-refractivity contribution in [1.82, 2.24) is 15.1 Å². The van der Waals surface area contributed by atoms with E-state index in [0.29, 0.717) is 6.04 Å². The topological polar surface area (TPSA) is 38.7 Å². The Morgan fingerprint density at radius 2 is 2.05 bits per heavy atom. The molecule has 2 N–H and O–H groups in total. The molecule has 114 valence electrons. The molecule has 0 amide bonds. The van der Waals surface area contributed by atoms with Crippen LogP contribution in [0.25, 0.3) is 0 Å². The van der Waals surface area contributed by atoms with Crippen LogP contribution in [0.5, 0.6) is 0 Å². The lowest BCUT2D eigenvalue weighted by Crippen LogP contribution is -2.50. The predicted molar refractivity (Wildman–Crippen MR) is 81.6 cm³/mol. The quantitative estimate of drug-likeness (QED) is 0.650. The Morgan fingerprint density at radius 1 is 1.32 bits per heavy atom. The molecule has 19 heavy (non-hydrogen) atoms. The standard InChI is InChI=1S/C15H33N3O/c1-5-16-15(3,13-19)8-6-7-9-18-11-10-17(4)12-14(18)2/h14,16,19H,5-13H2,1-4H3. The van der Waals surface area contributed by atoms with E-state index >= 15 is 0 Å². The van der Waals surface area contributed by atoms with E-state index in [2.05, 4.69) is 42.9 Å². The van der Waals surface area contributed by atoms with Crippen LogP contribution in [-0.2, 0) is 0 Å². The zero-order valence-electron chi connectivity index (χ0n) is 13.3. The minimum atomic E-state index is -0.0948. The molecule has 0 spiro atoms. The van der Waals surface area contributed by atoms with Gasteiger partial charge in [0.25, 0.3) is 0 Å². The average Bonchev–Trinajstić information content (AvgIpc) is 2.37. The van der Waals surface area contributed by atoms with E-state index in [1.807, 2.05) is 0 Å². The molecule has 1 rings (SSSR count). The molecule has 0 aromatic carbocycles. The number of aliphatic hydroxyl groups is 1. The predicted octanol–water partition coefficient (Wildman–Crippen LogP) is 1.15. The minimum absolute atomic E-state index is 0.0948. The van der Waals surface area contributed by atoms with Gasteiger partial charge in [-0.05, 0) is 46.8 Å². The van der Waals surface area contributed by atoms with Gasteiger partial charge in [0.2, 0.25) is 0 Å². The van der Waals surface area contributed by atoms with Crippen molar-refractivity contribution in [2.45, 2.75) is 51.6 Å². The Balaban J connectivity index is 2.19. The highest BCUT2D eigenvalue weighted by molar-refractivity contribution is 4.82. The first-order valence-electron chi connectivity index (χ1n) is 7.79. The van der Waals surface area contributed by atoms with E-state index in [1.165, 1.54) is 39.0 Å². The van der Waals surface area contributed by atoms with E-state index in [1.54, 1.807) is 0 Å². The number of piperazine rings is 1. The molecule has 0 aromatic heterocycles. The molecule has 1 aliphatic rings. The molecule has 1 aliphatic heterocycles. The summed E-state index contributed by atoms with van der Waals surface area (Å²) in [5.74, 6) is 0.